The van der Waals surface area contributed by atoms with E-state index in [4.69, 9.17) is 0 Å². The Balaban J connectivity index is 1.55. The lowest BCUT2D eigenvalue weighted by Gasteiger charge is -2.37. The van der Waals surface area contributed by atoms with E-state index in [9.17, 15) is 5.11 Å². The largest absolute Gasteiger partial charge is 0.385 e. The molecule has 2 aromatic rings. The Morgan fingerprint density at radius 1 is 0.909 bits per heavy atom. The minimum atomic E-state index is -0.676. The van der Waals surface area contributed by atoms with Crippen LogP contribution in [0.15, 0.2) is 60.7 Å². The lowest BCUT2D eigenvalue weighted by molar-refractivity contribution is -0.0229. The van der Waals surface area contributed by atoms with Gasteiger partial charge in [0.1, 0.15) is 0 Å². The van der Waals surface area contributed by atoms with Crippen molar-refractivity contribution >= 4 is 0 Å². The molecule has 3 rings (SSSR count). The lowest BCUT2D eigenvalue weighted by Crippen LogP contribution is -2.42. The molecule has 0 aliphatic carbocycles. The third kappa shape index (κ3) is 3.57. The molecule has 0 bridgehead atoms. The van der Waals surface area contributed by atoms with Crippen LogP contribution in [0.2, 0.25) is 0 Å². The summed E-state index contributed by atoms with van der Waals surface area (Å²) in [7, 11) is 0. The van der Waals surface area contributed by atoms with Crippen molar-refractivity contribution in [2.75, 3.05) is 19.6 Å². The minimum absolute atomic E-state index is 0.676. The van der Waals surface area contributed by atoms with Gasteiger partial charge in [-0.15, -0.1) is 0 Å². The molecular weight excluding hydrogens is 270 g/mol. The maximum atomic E-state index is 10.8. The van der Waals surface area contributed by atoms with Gasteiger partial charge < -0.3 is 5.11 Å². The Kier molecular flexibility index (Phi) is 4.58. The molecule has 1 fully saturated rings. The Morgan fingerprint density at radius 3 is 2.14 bits per heavy atom. The number of hydrogen-bond acceptors (Lipinski definition) is 2. The molecule has 0 spiro atoms. The van der Waals surface area contributed by atoms with Crippen molar-refractivity contribution in [2.24, 2.45) is 0 Å². The van der Waals surface area contributed by atoms with Gasteiger partial charge in [0, 0.05) is 18.7 Å². The molecule has 0 atom stereocenters. The molecule has 0 amide bonds. The van der Waals surface area contributed by atoms with E-state index in [0.29, 0.717) is 0 Å². The molecule has 1 N–H and O–H groups in total. The summed E-state index contributed by atoms with van der Waals surface area (Å²) in [6.45, 7) is 2.53. The van der Waals surface area contributed by atoms with E-state index in [2.05, 4.69) is 16.7 Å². The maximum absolute atomic E-state index is 10.8. The summed E-state index contributed by atoms with van der Waals surface area (Å²) in [6, 6.07) is 20.1. The fourth-order valence-electron chi connectivity index (χ4n) is 2.89. The second kappa shape index (κ2) is 6.79. The first-order valence-electron chi connectivity index (χ1n) is 7.80. The van der Waals surface area contributed by atoms with Crippen LogP contribution in [0.25, 0.3) is 0 Å². The molecule has 2 nitrogen and oxygen atoms in total. The molecule has 1 heterocycles. The molecule has 1 saturated heterocycles. The zero-order valence-corrected chi connectivity index (χ0v) is 12.7. The summed E-state index contributed by atoms with van der Waals surface area (Å²) in [5, 5.41) is 10.8. The van der Waals surface area contributed by atoms with Gasteiger partial charge in [-0.1, -0.05) is 60.4 Å². The number of aliphatic hydroxyl groups is 1. The molecule has 0 radical (unpaired) electrons. The van der Waals surface area contributed by atoms with Crippen molar-refractivity contribution in [2.45, 2.75) is 18.4 Å². The molecule has 2 heteroatoms. The van der Waals surface area contributed by atoms with Crippen LogP contribution in [0, 0.1) is 11.8 Å². The standard InChI is InChI=1S/C20H21NO/c22-20(19-11-5-2-6-12-19)13-16-21(17-14-20)15-7-10-18-8-3-1-4-9-18/h1-6,8-9,11-12,22H,13-17H2. The first-order chi connectivity index (χ1) is 10.8. The van der Waals surface area contributed by atoms with Gasteiger partial charge in [-0.25, -0.2) is 0 Å². The Bertz CT molecular complexity index is 646. The lowest BCUT2D eigenvalue weighted by atomic mass is 9.84. The number of hydrogen-bond donors (Lipinski definition) is 1. The van der Waals surface area contributed by atoms with Crippen LogP contribution in [0.3, 0.4) is 0 Å². The average Bonchev–Trinajstić information content (AvgIpc) is 2.59. The van der Waals surface area contributed by atoms with Crippen LogP contribution in [-0.4, -0.2) is 29.6 Å². The predicted octanol–water partition coefficient (Wildman–Crippen LogP) is 3.02. The summed E-state index contributed by atoms with van der Waals surface area (Å²) in [5.41, 5.74) is 1.41. The summed E-state index contributed by atoms with van der Waals surface area (Å²) < 4.78 is 0. The number of benzene rings is 2. The van der Waals surface area contributed by atoms with Gasteiger partial charge in [-0.05, 0) is 30.5 Å². The highest BCUT2D eigenvalue weighted by Gasteiger charge is 2.33. The van der Waals surface area contributed by atoms with Crippen LogP contribution in [0.1, 0.15) is 24.0 Å². The molecule has 0 unspecified atom stereocenters. The van der Waals surface area contributed by atoms with Gasteiger partial charge in [0.25, 0.3) is 0 Å². The Hall–Kier alpha value is -2.08. The smallest absolute Gasteiger partial charge is 0.0920 e. The van der Waals surface area contributed by atoms with Gasteiger partial charge in [0.15, 0.2) is 0 Å². The van der Waals surface area contributed by atoms with E-state index < -0.39 is 5.60 Å². The van der Waals surface area contributed by atoms with E-state index >= 15 is 0 Å². The average molecular weight is 291 g/mol. The van der Waals surface area contributed by atoms with Crippen molar-refractivity contribution in [1.29, 1.82) is 0 Å². The van der Waals surface area contributed by atoms with Crippen molar-refractivity contribution < 1.29 is 5.11 Å². The maximum Gasteiger partial charge on any atom is 0.0920 e. The van der Waals surface area contributed by atoms with E-state index in [1.54, 1.807) is 0 Å². The zero-order chi connectivity index (χ0) is 15.3. The predicted molar refractivity (Wildman–Crippen MR) is 89.3 cm³/mol. The van der Waals surface area contributed by atoms with Gasteiger partial charge in [-0.2, -0.15) is 0 Å². The number of rotatable bonds is 2. The van der Waals surface area contributed by atoms with E-state index in [1.807, 2.05) is 60.7 Å². The van der Waals surface area contributed by atoms with Crippen LogP contribution in [0.5, 0.6) is 0 Å². The topological polar surface area (TPSA) is 23.5 Å². The van der Waals surface area contributed by atoms with Crippen LogP contribution in [-0.2, 0) is 5.60 Å². The van der Waals surface area contributed by atoms with E-state index in [-0.39, 0.29) is 0 Å². The second-order valence-corrected chi connectivity index (χ2v) is 5.84. The van der Waals surface area contributed by atoms with Gasteiger partial charge in [-0.3, -0.25) is 4.90 Å². The summed E-state index contributed by atoms with van der Waals surface area (Å²) in [6.07, 6.45) is 1.54. The third-order valence-corrected chi connectivity index (χ3v) is 4.30. The van der Waals surface area contributed by atoms with Crippen LogP contribution in [0.4, 0.5) is 0 Å². The molecule has 0 aromatic heterocycles. The third-order valence-electron chi connectivity index (χ3n) is 4.30. The van der Waals surface area contributed by atoms with Gasteiger partial charge >= 0.3 is 0 Å². The van der Waals surface area contributed by atoms with Crippen molar-refractivity contribution in [3.8, 4) is 11.8 Å². The molecule has 22 heavy (non-hydrogen) atoms. The quantitative estimate of drug-likeness (QED) is 0.860. The fraction of sp³-hybridized carbons (Fsp3) is 0.300. The van der Waals surface area contributed by atoms with E-state index in [0.717, 1.165) is 43.6 Å². The van der Waals surface area contributed by atoms with Crippen LogP contribution >= 0.6 is 0 Å². The highest BCUT2D eigenvalue weighted by atomic mass is 16.3. The Morgan fingerprint density at radius 2 is 1.50 bits per heavy atom. The van der Waals surface area contributed by atoms with E-state index in [1.165, 1.54) is 0 Å². The Labute approximate surface area is 132 Å². The van der Waals surface area contributed by atoms with Crippen molar-refractivity contribution in [3.05, 3.63) is 71.8 Å². The molecular formula is C20H21NO. The number of piperidine rings is 1. The molecule has 1 aliphatic rings. The normalized spacial score (nSPS) is 17.5. The highest BCUT2D eigenvalue weighted by Crippen LogP contribution is 2.32. The van der Waals surface area contributed by atoms with Gasteiger partial charge in [0.05, 0.1) is 12.1 Å². The summed E-state index contributed by atoms with van der Waals surface area (Å²) >= 11 is 0. The molecule has 0 saturated carbocycles. The fourth-order valence-corrected chi connectivity index (χ4v) is 2.89. The second-order valence-electron chi connectivity index (χ2n) is 5.84. The molecule has 1 aliphatic heterocycles. The van der Waals surface area contributed by atoms with Crippen molar-refractivity contribution in [1.82, 2.24) is 4.90 Å². The summed E-state index contributed by atoms with van der Waals surface area (Å²) in [5.74, 6) is 6.42. The minimum Gasteiger partial charge on any atom is -0.385 e. The molecule has 2 aromatic carbocycles. The first kappa shape index (κ1) is 14.8. The monoisotopic (exact) mass is 291 g/mol. The van der Waals surface area contributed by atoms with Crippen molar-refractivity contribution in [3.63, 3.8) is 0 Å². The number of likely N-dealkylation sites (tertiary alicyclic amines) is 1. The van der Waals surface area contributed by atoms with Crippen LogP contribution < -0.4 is 0 Å². The van der Waals surface area contributed by atoms with Gasteiger partial charge in [0.2, 0.25) is 0 Å². The SMILES string of the molecule is OC1(c2ccccc2)CCN(CC#Cc2ccccc2)CC1. The first-order valence-corrected chi connectivity index (χ1v) is 7.80. The number of nitrogens with zero attached hydrogens (tertiary/aromatic N) is 1. The molecule has 112 valence electrons. The highest BCUT2D eigenvalue weighted by molar-refractivity contribution is 5.33. The zero-order valence-electron chi connectivity index (χ0n) is 12.7. The summed E-state index contributed by atoms with van der Waals surface area (Å²) in [4.78, 5) is 2.31.